The Labute approximate surface area is 210 Å². The summed E-state index contributed by atoms with van der Waals surface area (Å²) in [5, 5.41) is 13.2. The van der Waals surface area contributed by atoms with Gasteiger partial charge in [-0.05, 0) is 42.7 Å². The van der Waals surface area contributed by atoms with Gasteiger partial charge in [0.05, 0.1) is 48.9 Å². The van der Waals surface area contributed by atoms with Crippen molar-refractivity contribution in [3.8, 4) is 11.5 Å². The van der Waals surface area contributed by atoms with Crippen molar-refractivity contribution in [3.05, 3.63) is 54.1 Å². The maximum absolute atomic E-state index is 13.4. The number of aliphatic hydroxyl groups is 1. The van der Waals surface area contributed by atoms with Gasteiger partial charge in [-0.2, -0.15) is 4.31 Å². The van der Waals surface area contributed by atoms with Crippen LogP contribution in [0, 0.1) is 0 Å². The zero-order chi connectivity index (χ0) is 25.1. The number of nitrogens with zero attached hydrogens (tertiary/aromatic N) is 1. The van der Waals surface area contributed by atoms with Crippen LogP contribution in [0.1, 0.15) is 24.8 Å². The average Bonchev–Trinajstić information content (AvgIpc) is 3.34. The zero-order valence-corrected chi connectivity index (χ0v) is 20.6. The Bertz CT molecular complexity index is 1180. The minimum absolute atomic E-state index is 0.00801. The number of benzene rings is 2. The second-order valence-electron chi connectivity index (χ2n) is 9.19. The molecule has 1 amide bonds. The fraction of sp³-hybridized carbons (Fsp3) is 0.480. The van der Waals surface area contributed by atoms with Crippen LogP contribution in [0.4, 0.5) is 0 Å². The summed E-state index contributed by atoms with van der Waals surface area (Å²) in [7, 11) is -3.85. The molecule has 10 nitrogen and oxygen atoms in total. The Kier molecular flexibility index (Phi) is 7.44. The molecule has 2 N–H and O–H groups in total. The van der Waals surface area contributed by atoms with Gasteiger partial charge in [-0.3, -0.25) is 4.79 Å². The standard InChI is InChI=1S/C25H30N2O8S/c28-18-13-27(36(30,31)20-4-2-1-3-5-20)21-8-7-19(35-24(21)15-32-14-18)11-25(29)26-12-17-6-9-22-23(10-17)34-16-33-22/h1-6,9-10,18-19,21,24,28H,7-8,11-16H2,(H,26,29)/t18-,19-,21+,24-/m1/s1. The molecule has 3 aliphatic rings. The van der Waals surface area contributed by atoms with Gasteiger partial charge in [0.15, 0.2) is 11.5 Å². The smallest absolute Gasteiger partial charge is 0.243 e. The van der Waals surface area contributed by atoms with E-state index in [-0.39, 0.29) is 49.9 Å². The van der Waals surface area contributed by atoms with Gasteiger partial charge >= 0.3 is 0 Å². The lowest BCUT2D eigenvalue weighted by Gasteiger charge is -2.43. The third-order valence-corrected chi connectivity index (χ3v) is 8.53. The van der Waals surface area contributed by atoms with Gasteiger partial charge in [0.2, 0.25) is 22.7 Å². The van der Waals surface area contributed by atoms with Crippen molar-refractivity contribution in [2.24, 2.45) is 0 Å². The first kappa shape index (κ1) is 25.0. The molecule has 11 heteroatoms. The van der Waals surface area contributed by atoms with Gasteiger partial charge < -0.3 is 29.4 Å². The Hall–Kier alpha value is -2.70. The first-order chi connectivity index (χ1) is 17.4. The van der Waals surface area contributed by atoms with Crippen molar-refractivity contribution < 1.29 is 37.3 Å². The second-order valence-corrected chi connectivity index (χ2v) is 11.1. The topological polar surface area (TPSA) is 124 Å². The molecule has 0 radical (unpaired) electrons. The minimum Gasteiger partial charge on any atom is -0.454 e. The first-order valence-corrected chi connectivity index (χ1v) is 13.5. The van der Waals surface area contributed by atoms with E-state index in [1.807, 2.05) is 18.2 Å². The van der Waals surface area contributed by atoms with Gasteiger partial charge in [0.25, 0.3) is 0 Å². The number of fused-ring (bicyclic) bond motifs is 2. The summed E-state index contributed by atoms with van der Waals surface area (Å²) in [4.78, 5) is 12.8. The zero-order valence-electron chi connectivity index (χ0n) is 19.7. The van der Waals surface area contributed by atoms with Crippen molar-refractivity contribution >= 4 is 15.9 Å². The SMILES string of the molecule is O=C(C[C@H]1CC[C@H]2[C@@H](COC[C@H](O)CN2S(=O)(=O)c2ccccc2)O1)NCc1ccc2c(c1)OCO2. The highest BCUT2D eigenvalue weighted by molar-refractivity contribution is 7.89. The number of aliphatic hydroxyl groups excluding tert-OH is 1. The number of amides is 1. The van der Waals surface area contributed by atoms with E-state index in [1.165, 1.54) is 4.31 Å². The number of nitrogens with one attached hydrogen (secondary N) is 1. The molecule has 0 bridgehead atoms. The van der Waals surface area contributed by atoms with Crippen molar-refractivity contribution in [2.75, 3.05) is 26.6 Å². The van der Waals surface area contributed by atoms with Crippen molar-refractivity contribution in [1.29, 1.82) is 0 Å². The molecule has 2 aromatic carbocycles. The summed E-state index contributed by atoms with van der Waals surface area (Å²) >= 11 is 0. The Morgan fingerprint density at radius 3 is 2.69 bits per heavy atom. The van der Waals surface area contributed by atoms with Crippen LogP contribution in [0.25, 0.3) is 0 Å². The number of hydrogen-bond acceptors (Lipinski definition) is 8. The maximum Gasteiger partial charge on any atom is 0.243 e. The molecule has 3 aliphatic heterocycles. The van der Waals surface area contributed by atoms with Crippen LogP contribution in [0.15, 0.2) is 53.4 Å². The highest BCUT2D eigenvalue weighted by Gasteiger charge is 2.43. The van der Waals surface area contributed by atoms with Crippen LogP contribution in [0.2, 0.25) is 0 Å². The molecule has 2 saturated heterocycles. The van der Waals surface area contributed by atoms with Gasteiger partial charge in [0, 0.05) is 13.1 Å². The second kappa shape index (κ2) is 10.7. The third-order valence-electron chi connectivity index (χ3n) is 6.62. The monoisotopic (exact) mass is 518 g/mol. The molecule has 0 aliphatic carbocycles. The molecule has 5 rings (SSSR count). The minimum atomic E-state index is -3.85. The van der Waals surface area contributed by atoms with Crippen molar-refractivity contribution in [1.82, 2.24) is 9.62 Å². The predicted molar refractivity (Wildman–Crippen MR) is 128 cm³/mol. The summed E-state index contributed by atoms with van der Waals surface area (Å²) in [6.45, 7) is 0.603. The number of carbonyl (C=O) groups is 1. The van der Waals surface area contributed by atoms with E-state index in [2.05, 4.69) is 5.32 Å². The summed E-state index contributed by atoms with van der Waals surface area (Å²) in [6.07, 6.45) is -0.692. The summed E-state index contributed by atoms with van der Waals surface area (Å²) in [5.74, 6) is 1.19. The lowest BCUT2D eigenvalue weighted by Crippen LogP contribution is -2.57. The molecule has 2 aromatic rings. The maximum atomic E-state index is 13.4. The van der Waals surface area contributed by atoms with E-state index >= 15 is 0 Å². The van der Waals surface area contributed by atoms with E-state index in [4.69, 9.17) is 18.9 Å². The molecule has 0 spiro atoms. The summed E-state index contributed by atoms with van der Waals surface area (Å²) < 4.78 is 50.7. The van der Waals surface area contributed by atoms with E-state index in [1.54, 1.807) is 30.3 Å². The van der Waals surface area contributed by atoms with E-state index in [0.29, 0.717) is 30.9 Å². The number of sulfonamides is 1. The molecule has 0 aromatic heterocycles. The molecule has 36 heavy (non-hydrogen) atoms. The van der Waals surface area contributed by atoms with E-state index in [0.717, 1.165) is 5.56 Å². The number of ether oxygens (including phenoxy) is 4. The lowest BCUT2D eigenvalue weighted by molar-refractivity contribution is -0.146. The normalized spacial score (nSPS) is 26.5. The van der Waals surface area contributed by atoms with Gasteiger partial charge in [-0.25, -0.2) is 8.42 Å². The van der Waals surface area contributed by atoms with Crippen molar-refractivity contribution in [3.63, 3.8) is 0 Å². The highest BCUT2D eigenvalue weighted by Crippen LogP contribution is 2.33. The lowest BCUT2D eigenvalue weighted by atomic mass is 9.96. The molecule has 2 fully saturated rings. The van der Waals surface area contributed by atoms with Crippen LogP contribution in [0.5, 0.6) is 11.5 Å². The third kappa shape index (κ3) is 5.50. The molecular formula is C25H30N2O8S. The predicted octanol–water partition coefficient (Wildman–Crippen LogP) is 1.42. The molecule has 0 saturated carbocycles. The number of rotatable bonds is 6. The Balaban J connectivity index is 1.22. The molecule has 4 atom stereocenters. The molecular weight excluding hydrogens is 488 g/mol. The highest BCUT2D eigenvalue weighted by atomic mass is 32.2. The number of hydrogen-bond donors (Lipinski definition) is 2. The fourth-order valence-electron chi connectivity index (χ4n) is 4.83. The van der Waals surface area contributed by atoms with Crippen LogP contribution in [0.3, 0.4) is 0 Å². The van der Waals surface area contributed by atoms with Gasteiger partial charge in [-0.1, -0.05) is 24.3 Å². The van der Waals surface area contributed by atoms with E-state index < -0.39 is 28.3 Å². The Morgan fingerprint density at radius 1 is 1.06 bits per heavy atom. The van der Waals surface area contributed by atoms with Gasteiger partial charge in [0.1, 0.15) is 0 Å². The summed E-state index contributed by atoms with van der Waals surface area (Å²) in [6, 6.07) is 13.2. The molecule has 194 valence electrons. The molecule has 0 unspecified atom stereocenters. The quantitative estimate of drug-likeness (QED) is 0.589. The average molecular weight is 519 g/mol. The molecule has 3 heterocycles. The fourth-order valence-corrected chi connectivity index (χ4v) is 6.57. The van der Waals surface area contributed by atoms with Gasteiger partial charge in [-0.15, -0.1) is 0 Å². The van der Waals surface area contributed by atoms with Crippen LogP contribution < -0.4 is 14.8 Å². The summed E-state index contributed by atoms with van der Waals surface area (Å²) in [5.41, 5.74) is 0.894. The number of β-amino-alcohol motifs (C(OH)–C–C–N with tert-alkyl or cyclic N) is 1. The van der Waals surface area contributed by atoms with Crippen LogP contribution >= 0.6 is 0 Å². The first-order valence-electron chi connectivity index (χ1n) is 12.0. The van der Waals surface area contributed by atoms with Crippen molar-refractivity contribution in [2.45, 2.75) is 55.1 Å². The van der Waals surface area contributed by atoms with Crippen LogP contribution in [-0.2, 0) is 30.8 Å². The number of carbonyl (C=O) groups excluding carboxylic acids is 1. The van der Waals surface area contributed by atoms with Crippen LogP contribution in [-0.4, -0.2) is 74.6 Å². The Morgan fingerprint density at radius 2 is 1.86 bits per heavy atom. The van der Waals surface area contributed by atoms with E-state index in [9.17, 15) is 18.3 Å². The largest absolute Gasteiger partial charge is 0.454 e.